The summed E-state index contributed by atoms with van der Waals surface area (Å²) in [5.74, 6) is 0.594. The van der Waals surface area contributed by atoms with Gasteiger partial charge in [0.2, 0.25) is 5.91 Å². The van der Waals surface area contributed by atoms with E-state index in [2.05, 4.69) is 10.2 Å². The molecule has 2 atom stereocenters. The van der Waals surface area contributed by atoms with Gasteiger partial charge in [-0.15, -0.1) is 0 Å². The normalized spacial score (nSPS) is 20.1. The van der Waals surface area contributed by atoms with Crippen LogP contribution in [0.5, 0.6) is 5.75 Å². The topological polar surface area (TPSA) is 61.8 Å². The molecule has 0 radical (unpaired) electrons. The number of benzene rings is 1. The number of nitrogens with zero attached hydrogens (tertiary/aromatic N) is 1. The minimum atomic E-state index is -0.364. The number of ether oxygens (including phenoxy) is 1. The third-order valence-electron chi connectivity index (χ3n) is 4.50. The molecule has 1 saturated heterocycles. The Morgan fingerprint density at radius 2 is 2.26 bits per heavy atom. The molecule has 23 heavy (non-hydrogen) atoms. The summed E-state index contributed by atoms with van der Waals surface area (Å²) in [6.45, 7) is 5.13. The first-order chi connectivity index (χ1) is 11.0. The molecule has 0 aliphatic carbocycles. The highest BCUT2D eigenvalue weighted by atomic mass is 16.5. The van der Waals surface area contributed by atoms with Crippen LogP contribution < -0.4 is 10.1 Å². The van der Waals surface area contributed by atoms with Crippen LogP contribution in [0.4, 0.5) is 5.69 Å². The highest BCUT2D eigenvalue weighted by Crippen LogP contribution is 2.26. The van der Waals surface area contributed by atoms with Crippen LogP contribution in [0.1, 0.15) is 38.2 Å². The van der Waals surface area contributed by atoms with Crippen molar-refractivity contribution in [1.82, 2.24) is 4.90 Å². The van der Waals surface area contributed by atoms with Gasteiger partial charge in [-0.2, -0.15) is 0 Å². The molecule has 1 aromatic carbocycles. The number of anilines is 1. The largest absolute Gasteiger partial charge is 0.495 e. The third kappa shape index (κ3) is 4.69. The van der Waals surface area contributed by atoms with E-state index in [-0.39, 0.29) is 18.1 Å². The number of rotatable bonds is 6. The number of hydrogen-bond acceptors (Lipinski definition) is 4. The smallest absolute Gasteiger partial charge is 0.238 e. The second-order valence-electron chi connectivity index (χ2n) is 6.26. The van der Waals surface area contributed by atoms with Crippen molar-refractivity contribution in [3.05, 3.63) is 23.8 Å². The maximum atomic E-state index is 12.4. The van der Waals surface area contributed by atoms with Crippen LogP contribution in [0.2, 0.25) is 0 Å². The van der Waals surface area contributed by atoms with Crippen LogP contribution in [-0.4, -0.2) is 48.3 Å². The van der Waals surface area contributed by atoms with Crippen molar-refractivity contribution in [3.63, 3.8) is 0 Å². The summed E-state index contributed by atoms with van der Waals surface area (Å²) in [7, 11) is 1.60. The van der Waals surface area contributed by atoms with E-state index >= 15 is 0 Å². The lowest BCUT2D eigenvalue weighted by molar-refractivity contribution is -0.119. The Hall–Kier alpha value is -1.59. The number of hydrogen-bond donors (Lipinski definition) is 2. The molecule has 1 amide bonds. The quantitative estimate of drug-likeness (QED) is 0.846. The van der Waals surface area contributed by atoms with Crippen LogP contribution >= 0.6 is 0 Å². The Labute approximate surface area is 138 Å². The van der Waals surface area contributed by atoms with E-state index in [0.717, 1.165) is 31.4 Å². The minimum absolute atomic E-state index is 0.0656. The van der Waals surface area contributed by atoms with Gasteiger partial charge in [0.15, 0.2) is 0 Å². The number of aliphatic hydroxyl groups is 1. The molecule has 5 heteroatoms. The Kier molecular flexibility index (Phi) is 6.42. The number of piperidine rings is 1. The minimum Gasteiger partial charge on any atom is -0.495 e. The summed E-state index contributed by atoms with van der Waals surface area (Å²) in [5, 5.41) is 13.1. The highest BCUT2D eigenvalue weighted by Gasteiger charge is 2.29. The number of likely N-dealkylation sites (tertiary alicyclic amines) is 1. The van der Waals surface area contributed by atoms with E-state index in [1.54, 1.807) is 7.11 Å². The predicted octanol–water partition coefficient (Wildman–Crippen LogP) is 2.57. The van der Waals surface area contributed by atoms with E-state index in [1.807, 2.05) is 32.0 Å². The number of methoxy groups -OCH3 is 1. The fourth-order valence-corrected chi connectivity index (χ4v) is 3.21. The van der Waals surface area contributed by atoms with Crippen molar-refractivity contribution in [2.45, 2.75) is 51.7 Å². The first kappa shape index (κ1) is 17.8. The molecule has 1 aliphatic rings. The Balaban J connectivity index is 2.02. The third-order valence-corrected chi connectivity index (χ3v) is 4.50. The van der Waals surface area contributed by atoms with E-state index < -0.39 is 0 Å². The van der Waals surface area contributed by atoms with Gasteiger partial charge in [0.25, 0.3) is 0 Å². The van der Waals surface area contributed by atoms with Crippen molar-refractivity contribution >= 4 is 11.6 Å². The monoisotopic (exact) mass is 320 g/mol. The zero-order valence-electron chi connectivity index (χ0n) is 14.3. The standard InChI is InChI=1S/C18H28N2O3/c1-4-16(21)15-7-5-6-10-20(15)12-18(22)19-14-11-13(2)8-9-17(14)23-3/h8-9,11,15-16,21H,4-7,10,12H2,1-3H3,(H,19,22). The number of carbonyl (C=O) groups excluding carboxylic acids is 1. The maximum Gasteiger partial charge on any atom is 0.238 e. The van der Waals surface area contributed by atoms with Crippen LogP contribution in [0, 0.1) is 6.92 Å². The van der Waals surface area contributed by atoms with Gasteiger partial charge in [-0.05, 0) is 50.4 Å². The van der Waals surface area contributed by atoms with Crippen molar-refractivity contribution in [2.24, 2.45) is 0 Å². The van der Waals surface area contributed by atoms with E-state index in [4.69, 9.17) is 4.74 Å². The van der Waals surface area contributed by atoms with Gasteiger partial charge in [-0.3, -0.25) is 9.69 Å². The summed E-state index contributed by atoms with van der Waals surface area (Å²) in [4.78, 5) is 14.5. The molecule has 1 heterocycles. The summed E-state index contributed by atoms with van der Waals surface area (Å²) >= 11 is 0. The summed E-state index contributed by atoms with van der Waals surface area (Å²) in [5.41, 5.74) is 1.76. The molecule has 1 fully saturated rings. The van der Waals surface area contributed by atoms with Gasteiger partial charge < -0.3 is 15.2 Å². The SMILES string of the molecule is CCC(O)C1CCCCN1CC(=O)Nc1cc(C)ccc1OC. The molecular weight excluding hydrogens is 292 g/mol. The first-order valence-corrected chi connectivity index (χ1v) is 8.41. The molecule has 2 unspecified atom stereocenters. The lowest BCUT2D eigenvalue weighted by Gasteiger charge is -2.37. The molecule has 0 aromatic heterocycles. The molecule has 2 N–H and O–H groups in total. The average Bonchev–Trinajstić information content (AvgIpc) is 2.55. The second kappa shape index (κ2) is 8.31. The van der Waals surface area contributed by atoms with Gasteiger partial charge in [0, 0.05) is 6.04 Å². The highest BCUT2D eigenvalue weighted by molar-refractivity contribution is 5.93. The summed E-state index contributed by atoms with van der Waals surface area (Å²) in [6.07, 6.45) is 3.50. The predicted molar refractivity (Wildman–Crippen MR) is 91.9 cm³/mol. The maximum absolute atomic E-state index is 12.4. The number of aryl methyl sites for hydroxylation is 1. The van der Waals surface area contributed by atoms with E-state index in [1.165, 1.54) is 0 Å². The molecule has 0 saturated carbocycles. The fourth-order valence-electron chi connectivity index (χ4n) is 3.21. The summed E-state index contributed by atoms with van der Waals surface area (Å²) in [6, 6.07) is 5.80. The molecule has 5 nitrogen and oxygen atoms in total. The zero-order valence-corrected chi connectivity index (χ0v) is 14.3. The molecule has 0 bridgehead atoms. The average molecular weight is 320 g/mol. The molecular formula is C18H28N2O3. The van der Waals surface area contributed by atoms with Gasteiger partial charge in [-0.1, -0.05) is 19.4 Å². The van der Waals surface area contributed by atoms with E-state index in [9.17, 15) is 9.90 Å². The van der Waals surface area contributed by atoms with Crippen LogP contribution in [0.3, 0.4) is 0 Å². The fraction of sp³-hybridized carbons (Fsp3) is 0.611. The van der Waals surface area contributed by atoms with Crippen LogP contribution in [0.25, 0.3) is 0 Å². The molecule has 0 spiro atoms. The molecule has 1 aromatic rings. The number of aliphatic hydroxyl groups excluding tert-OH is 1. The van der Waals surface area contributed by atoms with Crippen molar-refractivity contribution in [2.75, 3.05) is 25.5 Å². The Morgan fingerprint density at radius 3 is 2.96 bits per heavy atom. The van der Waals surface area contributed by atoms with Crippen molar-refractivity contribution in [3.8, 4) is 5.75 Å². The molecule has 2 rings (SSSR count). The molecule has 1 aliphatic heterocycles. The Bertz CT molecular complexity index is 533. The number of amides is 1. The van der Waals surface area contributed by atoms with Crippen molar-refractivity contribution in [1.29, 1.82) is 0 Å². The number of carbonyl (C=O) groups is 1. The van der Waals surface area contributed by atoms with Gasteiger partial charge in [-0.25, -0.2) is 0 Å². The van der Waals surface area contributed by atoms with Crippen molar-refractivity contribution < 1.29 is 14.6 Å². The second-order valence-corrected chi connectivity index (χ2v) is 6.26. The number of nitrogens with one attached hydrogen (secondary N) is 1. The van der Waals surface area contributed by atoms with Gasteiger partial charge in [0.1, 0.15) is 5.75 Å². The lowest BCUT2D eigenvalue weighted by atomic mass is 9.96. The zero-order chi connectivity index (χ0) is 16.8. The first-order valence-electron chi connectivity index (χ1n) is 8.41. The molecule has 128 valence electrons. The van der Waals surface area contributed by atoms with E-state index in [0.29, 0.717) is 24.4 Å². The van der Waals surface area contributed by atoms with Crippen LogP contribution in [-0.2, 0) is 4.79 Å². The van der Waals surface area contributed by atoms with Gasteiger partial charge >= 0.3 is 0 Å². The lowest BCUT2D eigenvalue weighted by Crippen LogP contribution is -2.49. The van der Waals surface area contributed by atoms with Gasteiger partial charge in [0.05, 0.1) is 25.4 Å². The summed E-state index contributed by atoms with van der Waals surface area (Å²) < 4.78 is 5.30. The Morgan fingerprint density at radius 1 is 1.48 bits per heavy atom. The van der Waals surface area contributed by atoms with Crippen LogP contribution in [0.15, 0.2) is 18.2 Å².